The maximum absolute atomic E-state index is 12.8. The van der Waals surface area contributed by atoms with Crippen molar-refractivity contribution >= 4 is 34.7 Å². The highest BCUT2D eigenvalue weighted by atomic mass is 32.2. The minimum absolute atomic E-state index is 0.0500. The molecule has 0 fully saturated rings. The molecule has 0 unspecified atom stereocenters. The van der Waals surface area contributed by atoms with Crippen LogP contribution in [-0.2, 0) is 4.79 Å². The maximum Gasteiger partial charge on any atom is 0.240 e. The van der Waals surface area contributed by atoms with E-state index in [0.29, 0.717) is 6.54 Å². The van der Waals surface area contributed by atoms with Crippen LogP contribution in [0.4, 0.5) is 5.69 Å². The summed E-state index contributed by atoms with van der Waals surface area (Å²) in [5, 5.41) is 5.29. The van der Waals surface area contributed by atoms with Crippen LogP contribution in [0.1, 0.15) is 16.5 Å². The summed E-state index contributed by atoms with van der Waals surface area (Å²) in [7, 11) is 0. The number of nitrogens with one attached hydrogen (secondary N) is 1. The van der Waals surface area contributed by atoms with Crippen LogP contribution < -0.4 is 10.2 Å². The highest BCUT2D eigenvalue weighted by Crippen LogP contribution is 2.34. The average molecular weight is 381 g/mol. The molecule has 1 atom stereocenters. The lowest BCUT2D eigenvalue weighted by molar-refractivity contribution is -0.120. The molecule has 2 aromatic carbocycles. The predicted octanol–water partition coefficient (Wildman–Crippen LogP) is 4.57. The van der Waals surface area contributed by atoms with Gasteiger partial charge in [-0.1, -0.05) is 48.5 Å². The third kappa shape index (κ3) is 3.79. The lowest BCUT2D eigenvalue weighted by atomic mass is 10.1. The Morgan fingerprint density at radius 2 is 1.85 bits per heavy atom. The number of carbonyl (C=O) groups is 1. The van der Waals surface area contributed by atoms with Crippen LogP contribution in [0.2, 0.25) is 0 Å². The van der Waals surface area contributed by atoms with E-state index in [1.54, 1.807) is 11.3 Å². The summed E-state index contributed by atoms with van der Waals surface area (Å²) in [5.41, 5.74) is 2.27. The molecular formula is C21H20N2OS2. The highest BCUT2D eigenvalue weighted by molar-refractivity contribution is 7.99. The second-order valence-electron chi connectivity index (χ2n) is 6.16. The fourth-order valence-electron chi connectivity index (χ4n) is 3.19. The standard InChI is InChI=1S/C21H20N2OS2/c24-20(15-23-12-14-26-18-10-5-4-9-17(18)23)22-21(19-11-6-13-25-19)16-7-2-1-3-8-16/h1-11,13,21H,12,14-15H2,(H,22,24)/t21-/m1/s1. The molecule has 1 amide bonds. The van der Waals surface area contributed by atoms with E-state index in [2.05, 4.69) is 52.0 Å². The van der Waals surface area contributed by atoms with Crippen molar-refractivity contribution < 1.29 is 4.79 Å². The van der Waals surface area contributed by atoms with Gasteiger partial charge in [0.1, 0.15) is 0 Å². The summed E-state index contributed by atoms with van der Waals surface area (Å²) >= 11 is 3.53. The molecule has 1 N–H and O–H groups in total. The summed E-state index contributed by atoms with van der Waals surface area (Å²) in [6, 6.07) is 22.5. The van der Waals surface area contributed by atoms with Crippen molar-refractivity contribution in [3.05, 3.63) is 82.6 Å². The number of benzene rings is 2. The number of thioether (sulfide) groups is 1. The number of nitrogens with zero attached hydrogens (tertiary/aromatic N) is 1. The quantitative estimate of drug-likeness (QED) is 0.704. The first-order valence-corrected chi connectivity index (χ1v) is 10.5. The van der Waals surface area contributed by atoms with Crippen molar-refractivity contribution in [2.45, 2.75) is 10.9 Å². The molecule has 132 valence electrons. The number of carbonyl (C=O) groups excluding carboxylic acids is 1. The minimum atomic E-state index is -0.0990. The van der Waals surface area contributed by atoms with Crippen LogP contribution in [0, 0.1) is 0 Å². The number of anilines is 1. The van der Waals surface area contributed by atoms with Gasteiger partial charge < -0.3 is 10.2 Å². The van der Waals surface area contributed by atoms with E-state index in [9.17, 15) is 4.79 Å². The smallest absolute Gasteiger partial charge is 0.240 e. The second-order valence-corrected chi connectivity index (χ2v) is 8.28. The number of hydrogen-bond donors (Lipinski definition) is 1. The first-order chi connectivity index (χ1) is 12.8. The molecule has 5 heteroatoms. The number of rotatable bonds is 5. The highest BCUT2D eigenvalue weighted by Gasteiger charge is 2.22. The van der Waals surface area contributed by atoms with E-state index in [1.807, 2.05) is 42.1 Å². The van der Waals surface area contributed by atoms with Crippen molar-refractivity contribution in [1.82, 2.24) is 5.32 Å². The van der Waals surface area contributed by atoms with Crippen LogP contribution in [-0.4, -0.2) is 24.7 Å². The zero-order valence-corrected chi connectivity index (χ0v) is 15.9. The summed E-state index contributed by atoms with van der Waals surface area (Å²) in [4.78, 5) is 17.4. The Morgan fingerprint density at radius 1 is 1.04 bits per heavy atom. The summed E-state index contributed by atoms with van der Waals surface area (Å²) in [5.74, 6) is 1.06. The average Bonchev–Trinajstić information content (AvgIpc) is 3.22. The zero-order valence-electron chi connectivity index (χ0n) is 14.3. The van der Waals surface area contributed by atoms with Gasteiger partial charge in [0.15, 0.2) is 0 Å². The van der Waals surface area contributed by atoms with Gasteiger partial charge in [-0.05, 0) is 29.1 Å². The first-order valence-electron chi connectivity index (χ1n) is 8.66. The largest absolute Gasteiger partial charge is 0.360 e. The van der Waals surface area contributed by atoms with Gasteiger partial charge in [-0.15, -0.1) is 23.1 Å². The van der Waals surface area contributed by atoms with E-state index in [-0.39, 0.29) is 11.9 Å². The van der Waals surface area contributed by atoms with Gasteiger partial charge in [-0.25, -0.2) is 0 Å². The maximum atomic E-state index is 12.8. The van der Waals surface area contributed by atoms with Crippen molar-refractivity contribution in [1.29, 1.82) is 0 Å². The van der Waals surface area contributed by atoms with E-state index >= 15 is 0 Å². The predicted molar refractivity (Wildman–Crippen MR) is 110 cm³/mol. The monoisotopic (exact) mass is 380 g/mol. The molecular weight excluding hydrogens is 360 g/mol. The number of hydrogen-bond acceptors (Lipinski definition) is 4. The molecule has 3 nitrogen and oxygen atoms in total. The first kappa shape index (κ1) is 17.2. The van der Waals surface area contributed by atoms with Crippen LogP contribution in [0.3, 0.4) is 0 Å². The molecule has 1 aliphatic heterocycles. The Bertz CT molecular complexity index is 865. The number of amides is 1. The van der Waals surface area contributed by atoms with Crippen molar-refractivity contribution in [3.63, 3.8) is 0 Å². The molecule has 0 spiro atoms. The van der Waals surface area contributed by atoms with Crippen molar-refractivity contribution in [2.75, 3.05) is 23.7 Å². The molecule has 26 heavy (non-hydrogen) atoms. The lowest BCUT2D eigenvalue weighted by Gasteiger charge is -2.30. The van der Waals surface area contributed by atoms with Gasteiger partial charge in [-0.2, -0.15) is 0 Å². The van der Waals surface area contributed by atoms with Gasteiger partial charge in [0, 0.05) is 22.1 Å². The van der Waals surface area contributed by atoms with E-state index in [4.69, 9.17) is 0 Å². The van der Waals surface area contributed by atoms with Crippen molar-refractivity contribution in [2.24, 2.45) is 0 Å². The molecule has 0 radical (unpaired) electrons. The van der Waals surface area contributed by atoms with Crippen LogP contribution in [0.15, 0.2) is 77.0 Å². The molecule has 0 saturated carbocycles. The summed E-state index contributed by atoms with van der Waals surface area (Å²) in [6.45, 7) is 1.27. The van der Waals surface area contributed by atoms with E-state index in [0.717, 1.165) is 28.4 Å². The Kier molecular flexibility index (Phi) is 5.27. The molecule has 2 heterocycles. The van der Waals surface area contributed by atoms with E-state index < -0.39 is 0 Å². The summed E-state index contributed by atoms with van der Waals surface area (Å²) in [6.07, 6.45) is 0. The van der Waals surface area contributed by atoms with Crippen LogP contribution in [0.5, 0.6) is 0 Å². The molecule has 1 aromatic heterocycles. The van der Waals surface area contributed by atoms with Gasteiger partial charge >= 0.3 is 0 Å². The number of para-hydroxylation sites is 1. The van der Waals surface area contributed by atoms with E-state index in [1.165, 1.54) is 4.90 Å². The van der Waals surface area contributed by atoms with Gasteiger partial charge in [-0.3, -0.25) is 4.79 Å². The molecule has 0 saturated heterocycles. The Hall–Kier alpha value is -2.24. The SMILES string of the molecule is O=C(CN1CCSc2ccccc21)N[C@H](c1ccccc1)c1cccs1. The Morgan fingerprint density at radius 3 is 2.65 bits per heavy atom. The molecule has 0 aliphatic carbocycles. The van der Waals surface area contributed by atoms with Gasteiger partial charge in [0.05, 0.1) is 18.3 Å². The second kappa shape index (κ2) is 7.98. The Labute approximate surface area is 162 Å². The number of thiophene rings is 1. The van der Waals surface area contributed by atoms with Crippen molar-refractivity contribution in [3.8, 4) is 0 Å². The molecule has 0 bridgehead atoms. The normalized spacial score (nSPS) is 14.5. The summed E-state index contributed by atoms with van der Waals surface area (Å²) < 4.78 is 0. The molecule has 3 aromatic rings. The lowest BCUT2D eigenvalue weighted by Crippen LogP contribution is -2.41. The fourth-order valence-corrected chi connectivity index (χ4v) is 5.04. The third-order valence-corrected chi connectivity index (χ3v) is 6.41. The topological polar surface area (TPSA) is 32.3 Å². The fraction of sp³-hybridized carbons (Fsp3) is 0.190. The number of fused-ring (bicyclic) bond motifs is 1. The molecule has 1 aliphatic rings. The molecule has 4 rings (SSSR count). The van der Waals surface area contributed by atoms with Gasteiger partial charge in [0.25, 0.3) is 0 Å². The Balaban J connectivity index is 1.51. The van der Waals surface area contributed by atoms with Crippen LogP contribution >= 0.6 is 23.1 Å². The third-order valence-electron chi connectivity index (χ3n) is 4.43. The van der Waals surface area contributed by atoms with Crippen LogP contribution in [0.25, 0.3) is 0 Å². The zero-order chi connectivity index (χ0) is 17.8. The van der Waals surface area contributed by atoms with Gasteiger partial charge in [0.2, 0.25) is 5.91 Å². The minimum Gasteiger partial charge on any atom is -0.360 e.